The first-order valence-electron chi connectivity index (χ1n) is 6.52. The SMILES string of the molecule is CC(C)(CCCO)CNCCn1ccccc1=O. The Balaban J connectivity index is 2.26. The molecule has 0 atom stereocenters. The highest BCUT2D eigenvalue weighted by molar-refractivity contribution is 4.93. The van der Waals surface area contributed by atoms with E-state index in [0.717, 1.165) is 25.9 Å². The number of aliphatic hydroxyl groups is 1. The summed E-state index contributed by atoms with van der Waals surface area (Å²) in [5, 5.41) is 12.2. The number of aromatic nitrogens is 1. The fourth-order valence-electron chi connectivity index (χ4n) is 1.92. The molecule has 0 spiro atoms. The fraction of sp³-hybridized carbons (Fsp3) is 0.643. The van der Waals surface area contributed by atoms with E-state index in [1.165, 1.54) is 0 Å². The van der Waals surface area contributed by atoms with Gasteiger partial charge in [0.05, 0.1) is 0 Å². The molecule has 0 saturated carbocycles. The third-order valence-electron chi connectivity index (χ3n) is 3.04. The van der Waals surface area contributed by atoms with E-state index in [9.17, 15) is 4.79 Å². The van der Waals surface area contributed by atoms with Crippen LogP contribution in [0.3, 0.4) is 0 Å². The van der Waals surface area contributed by atoms with Gasteiger partial charge in [0.25, 0.3) is 5.56 Å². The number of aliphatic hydroxyl groups excluding tert-OH is 1. The molecular weight excluding hydrogens is 228 g/mol. The van der Waals surface area contributed by atoms with E-state index in [-0.39, 0.29) is 17.6 Å². The van der Waals surface area contributed by atoms with Gasteiger partial charge >= 0.3 is 0 Å². The maximum Gasteiger partial charge on any atom is 0.250 e. The summed E-state index contributed by atoms with van der Waals surface area (Å²) in [4.78, 5) is 11.5. The Morgan fingerprint density at radius 3 is 2.83 bits per heavy atom. The van der Waals surface area contributed by atoms with Gasteiger partial charge in [-0.2, -0.15) is 0 Å². The lowest BCUT2D eigenvalue weighted by molar-refractivity contribution is 0.236. The van der Waals surface area contributed by atoms with Gasteiger partial charge in [-0.25, -0.2) is 0 Å². The zero-order valence-electron chi connectivity index (χ0n) is 11.4. The highest BCUT2D eigenvalue weighted by Crippen LogP contribution is 2.20. The zero-order chi connectivity index (χ0) is 13.4. The van der Waals surface area contributed by atoms with Gasteiger partial charge in [-0.15, -0.1) is 0 Å². The molecule has 1 aromatic heterocycles. The van der Waals surface area contributed by atoms with Gasteiger partial charge in [0.15, 0.2) is 0 Å². The molecule has 18 heavy (non-hydrogen) atoms. The standard InChI is InChI=1S/C14H24N2O2/c1-14(2,7-5-11-17)12-15-8-10-16-9-4-3-6-13(16)18/h3-4,6,9,15,17H,5,7-8,10-12H2,1-2H3. The normalized spacial score (nSPS) is 11.7. The summed E-state index contributed by atoms with van der Waals surface area (Å²) in [6.45, 7) is 6.99. The second kappa shape index (κ2) is 7.34. The zero-order valence-corrected chi connectivity index (χ0v) is 11.4. The molecule has 0 aliphatic carbocycles. The molecule has 0 amide bonds. The molecule has 4 nitrogen and oxygen atoms in total. The van der Waals surface area contributed by atoms with Gasteiger partial charge in [0.1, 0.15) is 0 Å². The van der Waals surface area contributed by atoms with Crippen LogP contribution in [0, 0.1) is 5.41 Å². The summed E-state index contributed by atoms with van der Waals surface area (Å²) in [7, 11) is 0. The number of hydrogen-bond donors (Lipinski definition) is 2. The van der Waals surface area contributed by atoms with E-state index in [1.807, 2.05) is 6.07 Å². The molecule has 2 N–H and O–H groups in total. The Morgan fingerprint density at radius 2 is 2.17 bits per heavy atom. The Morgan fingerprint density at radius 1 is 1.39 bits per heavy atom. The van der Waals surface area contributed by atoms with Crippen LogP contribution in [0.25, 0.3) is 0 Å². The molecule has 0 fully saturated rings. The van der Waals surface area contributed by atoms with Crippen LogP contribution in [0.15, 0.2) is 29.2 Å². The third kappa shape index (κ3) is 5.47. The minimum atomic E-state index is 0.0406. The second-order valence-corrected chi connectivity index (χ2v) is 5.40. The highest BCUT2D eigenvalue weighted by Gasteiger charge is 2.16. The van der Waals surface area contributed by atoms with Crippen molar-refractivity contribution in [2.75, 3.05) is 19.7 Å². The minimum absolute atomic E-state index is 0.0406. The van der Waals surface area contributed by atoms with Crippen molar-refractivity contribution in [2.24, 2.45) is 5.41 Å². The Hall–Kier alpha value is -1.13. The van der Waals surface area contributed by atoms with Crippen LogP contribution < -0.4 is 10.9 Å². The first-order valence-corrected chi connectivity index (χ1v) is 6.52. The summed E-state index contributed by atoms with van der Waals surface area (Å²) >= 11 is 0. The predicted molar refractivity (Wildman–Crippen MR) is 73.7 cm³/mol. The summed E-state index contributed by atoms with van der Waals surface area (Å²) in [5.74, 6) is 0. The van der Waals surface area contributed by atoms with Crippen LogP contribution in [-0.2, 0) is 6.54 Å². The van der Waals surface area contributed by atoms with Crippen molar-refractivity contribution in [1.29, 1.82) is 0 Å². The van der Waals surface area contributed by atoms with Crippen LogP contribution in [0.5, 0.6) is 0 Å². The molecule has 0 unspecified atom stereocenters. The number of rotatable bonds is 8. The lowest BCUT2D eigenvalue weighted by Crippen LogP contribution is -2.33. The summed E-state index contributed by atoms with van der Waals surface area (Å²) in [6.07, 6.45) is 3.65. The lowest BCUT2D eigenvalue weighted by Gasteiger charge is -2.24. The van der Waals surface area contributed by atoms with Gasteiger partial charge < -0.3 is 15.0 Å². The third-order valence-corrected chi connectivity index (χ3v) is 3.04. The van der Waals surface area contributed by atoms with Crippen molar-refractivity contribution in [1.82, 2.24) is 9.88 Å². The van der Waals surface area contributed by atoms with Crippen LogP contribution in [0.4, 0.5) is 0 Å². The molecule has 102 valence electrons. The first kappa shape index (κ1) is 14.9. The van der Waals surface area contributed by atoms with Crippen molar-refractivity contribution in [3.05, 3.63) is 34.7 Å². The van der Waals surface area contributed by atoms with Crippen molar-refractivity contribution >= 4 is 0 Å². The molecule has 1 rings (SSSR count). The second-order valence-electron chi connectivity index (χ2n) is 5.40. The molecule has 0 saturated heterocycles. The van der Waals surface area contributed by atoms with Gasteiger partial charge in [-0.3, -0.25) is 4.79 Å². The van der Waals surface area contributed by atoms with E-state index < -0.39 is 0 Å². The molecule has 1 heterocycles. The average Bonchev–Trinajstić information content (AvgIpc) is 2.34. The van der Waals surface area contributed by atoms with Gasteiger partial charge in [0.2, 0.25) is 0 Å². The van der Waals surface area contributed by atoms with E-state index >= 15 is 0 Å². The topological polar surface area (TPSA) is 54.3 Å². The molecular formula is C14H24N2O2. The van der Waals surface area contributed by atoms with Gasteiger partial charge in [0, 0.05) is 38.5 Å². The fourth-order valence-corrected chi connectivity index (χ4v) is 1.92. The van der Waals surface area contributed by atoms with E-state index in [2.05, 4.69) is 19.2 Å². The van der Waals surface area contributed by atoms with Crippen LogP contribution in [-0.4, -0.2) is 29.4 Å². The first-order chi connectivity index (χ1) is 8.55. The van der Waals surface area contributed by atoms with Crippen molar-refractivity contribution in [2.45, 2.75) is 33.2 Å². The van der Waals surface area contributed by atoms with Crippen molar-refractivity contribution in [3.63, 3.8) is 0 Å². The molecule has 4 heteroatoms. The molecule has 1 aromatic rings. The number of pyridine rings is 1. The molecule has 0 aromatic carbocycles. The molecule has 0 aliphatic heterocycles. The Labute approximate surface area is 109 Å². The summed E-state index contributed by atoms with van der Waals surface area (Å²) < 4.78 is 1.70. The van der Waals surface area contributed by atoms with Crippen LogP contribution >= 0.6 is 0 Å². The van der Waals surface area contributed by atoms with Crippen molar-refractivity contribution in [3.8, 4) is 0 Å². The quantitative estimate of drug-likeness (QED) is 0.684. The molecule has 0 bridgehead atoms. The van der Waals surface area contributed by atoms with E-state index in [1.54, 1.807) is 22.9 Å². The van der Waals surface area contributed by atoms with Crippen LogP contribution in [0.1, 0.15) is 26.7 Å². The molecule has 0 radical (unpaired) electrons. The lowest BCUT2D eigenvalue weighted by atomic mass is 9.88. The van der Waals surface area contributed by atoms with E-state index in [0.29, 0.717) is 6.54 Å². The maximum atomic E-state index is 11.5. The number of nitrogens with one attached hydrogen (secondary N) is 1. The minimum Gasteiger partial charge on any atom is -0.396 e. The average molecular weight is 252 g/mol. The van der Waals surface area contributed by atoms with Gasteiger partial charge in [-0.1, -0.05) is 19.9 Å². The molecule has 0 aliphatic rings. The van der Waals surface area contributed by atoms with Gasteiger partial charge in [-0.05, 0) is 24.3 Å². The smallest absolute Gasteiger partial charge is 0.250 e. The highest BCUT2D eigenvalue weighted by atomic mass is 16.2. The Kier molecular flexibility index (Phi) is 6.09. The largest absolute Gasteiger partial charge is 0.396 e. The monoisotopic (exact) mass is 252 g/mol. The van der Waals surface area contributed by atoms with Crippen LogP contribution in [0.2, 0.25) is 0 Å². The summed E-state index contributed by atoms with van der Waals surface area (Å²) in [6, 6.07) is 5.20. The van der Waals surface area contributed by atoms with Crippen molar-refractivity contribution < 1.29 is 5.11 Å². The Bertz CT molecular complexity index is 399. The maximum absolute atomic E-state index is 11.5. The number of hydrogen-bond acceptors (Lipinski definition) is 3. The van der Waals surface area contributed by atoms with E-state index in [4.69, 9.17) is 5.11 Å². The predicted octanol–water partition coefficient (Wildman–Crippen LogP) is 1.24. The number of nitrogens with zero attached hydrogens (tertiary/aromatic N) is 1. The summed E-state index contributed by atoms with van der Waals surface area (Å²) in [5.41, 5.74) is 0.225.